The molecule has 2 N–H and O–H groups in total. The maximum Gasteiger partial charge on any atom is 0.287 e. The standard InChI is InChI=1S/C12H15F2NO2/c1-8-3-4-9(2)10(5-8)11(17)15-6-12(13,14)7-16/h3-5,16H,6-7H2,1-2H3,(H,15,17). The van der Waals surface area contributed by atoms with E-state index in [1.54, 1.807) is 19.1 Å². The van der Waals surface area contributed by atoms with E-state index >= 15 is 0 Å². The second kappa shape index (κ2) is 5.23. The van der Waals surface area contributed by atoms with Crippen molar-refractivity contribution < 1.29 is 18.7 Å². The van der Waals surface area contributed by atoms with Crippen LogP contribution in [0, 0.1) is 13.8 Å². The van der Waals surface area contributed by atoms with Gasteiger partial charge in [0, 0.05) is 5.56 Å². The molecule has 0 aliphatic rings. The largest absolute Gasteiger partial charge is 0.390 e. The lowest BCUT2D eigenvalue weighted by Gasteiger charge is -2.14. The Morgan fingerprint density at radius 3 is 2.65 bits per heavy atom. The molecule has 0 saturated heterocycles. The number of aliphatic hydroxyl groups is 1. The Hall–Kier alpha value is -1.49. The van der Waals surface area contributed by atoms with E-state index < -0.39 is 25.0 Å². The van der Waals surface area contributed by atoms with E-state index in [9.17, 15) is 13.6 Å². The van der Waals surface area contributed by atoms with Crippen molar-refractivity contribution in [3.8, 4) is 0 Å². The van der Waals surface area contributed by atoms with Crippen molar-refractivity contribution in [3.63, 3.8) is 0 Å². The maximum atomic E-state index is 12.7. The van der Waals surface area contributed by atoms with Crippen molar-refractivity contribution in [1.29, 1.82) is 0 Å². The summed E-state index contributed by atoms with van der Waals surface area (Å²) in [6, 6.07) is 5.24. The molecule has 5 heteroatoms. The topological polar surface area (TPSA) is 49.3 Å². The molecule has 0 bridgehead atoms. The smallest absolute Gasteiger partial charge is 0.287 e. The summed E-state index contributed by atoms with van der Waals surface area (Å²) >= 11 is 0. The van der Waals surface area contributed by atoms with Crippen molar-refractivity contribution in [2.75, 3.05) is 13.2 Å². The third kappa shape index (κ3) is 3.78. The van der Waals surface area contributed by atoms with Crippen LogP contribution in [-0.4, -0.2) is 30.1 Å². The van der Waals surface area contributed by atoms with E-state index in [4.69, 9.17) is 5.11 Å². The summed E-state index contributed by atoms with van der Waals surface area (Å²) in [6.07, 6.45) is 0. The predicted octanol–water partition coefficient (Wildman–Crippen LogP) is 1.66. The van der Waals surface area contributed by atoms with Gasteiger partial charge in [-0.25, -0.2) is 8.78 Å². The van der Waals surface area contributed by atoms with E-state index in [2.05, 4.69) is 5.32 Å². The number of carbonyl (C=O) groups is 1. The molecule has 0 unspecified atom stereocenters. The molecule has 0 aliphatic carbocycles. The molecule has 0 aliphatic heterocycles. The first-order valence-electron chi connectivity index (χ1n) is 5.20. The molecule has 0 fully saturated rings. The van der Waals surface area contributed by atoms with Gasteiger partial charge in [0.2, 0.25) is 0 Å². The van der Waals surface area contributed by atoms with Crippen molar-refractivity contribution in [2.45, 2.75) is 19.8 Å². The molecule has 1 aromatic rings. The average Bonchev–Trinajstić information content (AvgIpc) is 2.29. The van der Waals surface area contributed by atoms with Crippen molar-refractivity contribution in [2.24, 2.45) is 0 Å². The SMILES string of the molecule is Cc1ccc(C)c(C(=O)NCC(F)(F)CO)c1. The number of rotatable bonds is 4. The van der Waals surface area contributed by atoms with Crippen LogP contribution in [0.4, 0.5) is 8.78 Å². The molecule has 1 aromatic carbocycles. The first-order chi connectivity index (χ1) is 7.85. The van der Waals surface area contributed by atoms with Gasteiger partial charge in [0.1, 0.15) is 6.61 Å². The minimum Gasteiger partial charge on any atom is -0.390 e. The molecular weight excluding hydrogens is 228 g/mol. The summed E-state index contributed by atoms with van der Waals surface area (Å²) < 4.78 is 25.5. The minimum atomic E-state index is -3.28. The third-order valence-electron chi connectivity index (χ3n) is 2.38. The Bertz CT molecular complexity index is 419. The van der Waals surface area contributed by atoms with Gasteiger partial charge < -0.3 is 10.4 Å². The first-order valence-corrected chi connectivity index (χ1v) is 5.20. The molecule has 94 valence electrons. The average molecular weight is 243 g/mol. The Morgan fingerprint density at radius 1 is 1.41 bits per heavy atom. The predicted molar refractivity (Wildman–Crippen MR) is 60.3 cm³/mol. The monoisotopic (exact) mass is 243 g/mol. The number of amides is 1. The first kappa shape index (κ1) is 13.6. The normalized spacial score (nSPS) is 11.4. The summed E-state index contributed by atoms with van der Waals surface area (Å²) in [5.74, 6) is -3.84. The molecule has 1 amide bonds. The highest BCUT2D eigenvalue weighted by Gasteiger charge is 2.28. The highest BCUT2D eigenvalue weighted by atomic mass is 19.3. The second-order valence-electron chi connectivity index (χ2n) is 4.02. The summed E-state index contributed by atoms with van der Waals surface area (Å²) in [4.78, 5) is 11.7. The molecule has 0 aromatic heterocycles. The Balaban J connectivity index is 2.74. The van der Waals surface area contributed by atoms with Gasteiger partial charge in [0.15, 0.2) is 0 Å². The van der Waals surface area contributed by atoms with Crippen molar-refractivity contribution in [3.05, 3.63) is 34.9 Å². The van der Waals surface area contributed by atoms with Crippen LogP contribution in [0.25, 0.3) is 0 Å². The van der Waals surface area contributed by atoms with Crippen LogP contribution in [0.2, 0.25) is 0 Å². The molecule has 3 nitrogen and oxygen atoms in total. The second-order valence-corrected chi connectivity index (χ2v) is 4.02. The van der Waals surface area contributed by atoms with Crippen LogP contribution in [0.3, 0.4) is 0 Å². The van der Waals surface area contributed by atoms with Crippen LogP contribution in [0.5, 0.6) is 0 Å². The van der Waals surface area contributed by atoms with Gasteiger partial charge in [-0.05, 0) is 25.5 Å². The van der Waals surface area contributed by atoms with Crippen LogP contribution < -0.4 is 5.32 Å². The molecule has 0 atom stereocenters. The number of aliphatic hydroxyl groups excluding tert-OH is 1. The molecule has 0 saturated carbocycles. The van der Waals surface area contributed by atoms with E-state index in [-0.39, 0.29) is 0 Å². The van der Waals surface area contributed by atoms with Gasteiger partial charge in [0.25, 0.3) is 11.8 Å². The number of aryl methyl sites for hydroxylation is 2. The Labute approximate surface area is 98.5 Å². The van der Waals surface area contributed by atoms with Crippen LogP contribution >= 0.6 is 0 Å². The van der Waals surface area contributed by atoms with Crippen molar-refractivity contribution >= 4 is 5.91 Å². The number of carbonyl (C=O) groups excluding carboxylic acids is 1. The fourth-order valence-electron chi connectivity index (χ4n) is 1.34. The number of hydrogen-bond donors (Lipinski definition) is 2. The van der Waals surface area contributed by atoms with Gasteiger partial charge in [-0.3, -0.25) is 4.79 Å². The molecule has 17 heavy (non-hydrogen) atoms. The van der Waals surface area contributed by atoms with Crippen molar-refractivity contribution in [1.82, 2.24) is 5.32 Å². The molecule has 0 radical (unpaired) electrons. The highest BCUT2D eigenvalue weighted by molar-refractivity contribution is 5.95. The number of nitrogens with one attached hydrogen (secondary N) is 1. The molecular formula is C12H15F2NO2. The van der Waals surface area contributed by atoms with Crippen LogP contribution in [-0.2, 0) is 0 Å². The van der Waals surface area contributed by atoms with Gasteiger partial charge >= 0.3 is 0 Å². The summed E-state index contributed by atoms with van der Waals surface area (Å²) in [5, 5.41) is 10.5. The fraction of sp³-hybridized carbons (Fsp3) is 0.417. The van der Waals surface area contributed by atoms with Crippen LogP contribution in [0.15, 0.2) is 18.2 Å². The molecule has 1 rings (SSSR count). The summed E-state index contributed by atoms with van der Waals surface area (Å²) in [5.41, 5.74) is 1.98. The van der Waals surface area contributed by atoms with Gasteiger partial charge in [-0.2, -0.15) is 0 Å². The highest BCUT2D eigenvalue weighted by Crippen LogP contribution is 2.13. The zero-order valence-electron chi connectivity index (χ0n) is 9.76. The van der Waals surface area contributed by atoms with E-state index in [1.807, 2.05) is 13.0 Å². The van der Waals surface area contributed by atoms with E-state index in [1.165, 1.54) is 0 Å². The zero-order chi connectivity index (χ0) is 13.1. The summed E-state index contributed by atoms with van der Waals surface area (Å²) in [7, 11) is 0. The number of alkyl halides is 2. The summed E-state index contributed by atoms with van der Waals surface area (Å²) in [6.45, 7) is 1.41. The lowest BCUT2D eigenvalue weighted by atomic mass is 10.1. The van der Waals surface area contributed by atoms with Gasteiger partial charge in [-0.1, -0.05) is 17.7 Å². The maximum absolute atomic E-state index is 12.7. The lowest BCUT2D eigenvalue weighted by Crippen LogP contribution is -2.39. The number of halogens is 2. The van der Waals surface area contributed by atoms with E-state index in [0.29, 0.717) is 5.56 Å². The zero-order valence-corrected chi connectivity index (χ0v) is 9.76. The van der Waals surface area contributed by atoms with Gasteiger partial charge in [-0.15, -0.1) is 0 Å². The van der Waals surface area contributed by atoms with Crippen LogP contribution in [0.1, 0.15) is 21.5 Å². The molecule has 0 spiro atoms. The third-order valence-corrected chi connectivity index (χ3v) is 2.38. The fourth-order valence-corrected chi connectivity index (χ4v) is 1.34. The minimum absolute atomic E-state index is 0.374. The number of hydrogen-bond acceptors (Lipinski definition) is 2. The number of benzene rings is 1. The lowest BCUT2D eigenvalue weighted by molar-refractivity contribution is -0.0462. The quantitative estimate of drug-likeness (QED) is 0.845. The Kier molecular flexibility index (Phi) is 4.17. The molecule has 0 heterocycles. The Morgan fingerprint density at radius 2 is 2.06 bits per heavy atom. The van der Waals surface area contributed by atoms with E-state index in [0.717, 1.165) is 11.1 Å². The van der Waals surface area contributed by atoms with Gasteiger partial charge in [0.05, 0.1) is 6.54 Å².